The van der Waals surface area contributed by atoms with Crippen molar-refractivity contribution in [2.45, 2.75) is 32.9 Å². The van der Waals surface area contributed by atoms with Crippen molar-refractivity contribution in [2.24, 2.45) is 5.92 Å². The number of carbonyl (C=O) groups is 1. The van der Waals surface area contributed by atoms with E-state index in [1.54, 1.807) is 30.3 Å². The van der Waals surface area contributed by atoms with E-state index in [0.29, 0.717) is 11.6 Å². The predicted octanol–water partition coefficient (Wildman–Crippen LogP) is 3.77. The van der Waals surface area contributed by atoms with Crippen molar-refractivity contribution in [3.05, 3.63) is 47.9 Å². The Kier molecular flexibility index (Phi) is 4.61. The van der Waals surface area contributed by atoms with Gasteiger partial charge in [-0.2, -0.15) is 0 Å². The summed E-state index contributed by atoms with van der Waals surface area (Å²) >= 11 is 0. The third-order valence-electron chi connectivity index (χ3n) is 4.90. The standard InChI is InChI=1S/C19H22FN3O2/c1-11-12(2)23(13(3)24)16-8-7-14(20)10-15(16)18(11)22-19-17(25-4)6-5-9-21-19/h5-12,18H,1-4H3,(H,21,22). The maximum atomic E-state index is 13.9. The SMILES string of the molecule is COc1cccnc1NC1c2cc(F)ccc2N(C(C)=O)C(C)C1C. The Balaban J connectivity index is 2.08. The molecule has 0 saturated heterocycles. The van der Waals surface area contributed by atoms with Crippen molar-refractivity contribution in [3.8, 4) is 5.75 Å². The average molecular weight is 343 g/mol. The highest BCUT2D eigenvalue weighted by Gasteiger charge is 2.38. The van der Waals surface area contributed by atoms with Gasteiger partial charge in [0.05, 0.1) is 13.2 Å². The summed E-state index contributed by atoms with van der Waals surface area (Å²) in [5, 5.41) is 3.38. The molecule has 3 unspecified atom stereocenters. The summed E-state index contributed by atoms with van der Waals surface area (Å²) in [6.07, 6.45) is 1.68. The van der Waals surface area contributed by atoms with Gasteiger partial charge in [0.1, 0.15) is 5.82 Å². The van der Waals surface area contributed by atoms with Crippen LogP contribution in [0.4, 0.5) is 15.9 Å². The molecule has 1 aromatic heterocycles. The van der Waals surface area contributed by atoms with Crippen molar-refractivity contribution in [1.82, 2.24) is 4.98 Å². The highest BCUT2D eigenvalue weighted by Crippen LogP contribution is 2.43. The van der Waals surface area contributed by atoms with Crippen LogP contribution in [0.5, 0.6) is 5.75 Å². The highest BCUT2D eigenvalue weighted by molar-refractivity contribution is 5.94. The zero-order chi connectivity index (χ0) is 18.1. The first-order valence-corrected chi connectivity index (χ1v) is 8.28. The molecule has 0 saturated carbocycles. The van der Waals surface area contributed by atoms with Gasteiger partial charge in [-0.25, -0.2) is 9.37 Å². The molecule has 0 aliphatic carbocycles. The molecule has 5 nitrogen and oxygen atoms in total. The lowest BCUT2D eigenvalue weighted by Gasteiger charge is -2.44. The number of rotatable bonds is 3. The van der Waals surface area contributed by atoms with Gasteiger partial charge in [-0.05, 0) is 37.3 Å². The minimum atomic E-state index is -0.330. The van der Waals surface area contributed by atoms with Crippen LogP contribution in [-0.4, -0.2) is 24.0 Å². The van der Waals surface area contributed by atoms with E-state index < -0.39 is 0 Å². The lowest BCUT2D eigenvalue weighted by molar-refractivity contribution is -0.117. The summed E-state index contributed by atoms with van der Waals surface area (Å²) < 4.78 is 19.3. The molecule has 3 atom stereocenters. The molecule has 1 aromatic carbocycles. The van der Waals surface area contributed by atoms with Crippen LogP contribution in [0.25, 0.3) is 0 Å². The number of hydrogen-bond donors (Lipinski definition) is 1. The minimum Gasteiger partial charge on any atom is -0.493 e. The number of benzene rings is 1. The molecule has 2 heterocycles. The number of pyridine rings is 1. The molecule has 2 aromatic rings. The smallest absolute Gasteiger partial charge is 0.224 e. The van der Waals surface area contributed by atoms with Gasteiger partial charge in [0.15, 0.2) is 11.6 Å². The second-order valence-electron chi connectivity index (χ2n) is 6.37. The lowest BCUT2D eigenvalue weighted by atomic mass is 9.82. The van der Waals surface area contributed by atoms with E-state index in [1.165, 1.54) is 19.1 Å². The molecule has 1 amide bonds. The second-order valence-corrected chi connectivity index (χ2v) is 6.37. The normalized spacial score (nSPS) is 22.3. The molecular formula is C19H22FN3O2. The van der Waals surface area contributed by atoms with Crippen molar-refractivity contribution in [2.75, 3.05) is 17.3 Å². The molecule has 0 radical (unpaired) electrons. The van der Waals surface area contributed by atoms with Gasteiger partial charge in [-0.15, -0.1) is 0 Å². The van der Waals surface area contributed by atoms with Crippen molar-refractivity contribution < 1.29 is 13.9 Å². The quantitative estimate of drug-likeness (QED) is 0.922. The van der Waals surface area contributed by atoms with E-state index in [-0.39, 0.29) is 29.7 Å². The van der Waals surface area contributed by atoms with Crippen molar-refractivity contribution in [3.63, 3.8) is 0 Å². The van der Waals surface area contributed by atoms with E-state index >= 15 is 0 Å². The zero-order valence-electron chi connectivity index (χ0n) is 14.8. The Hall–Kier alpha value is -2.63. The molecule has 3 rings (SSSR count). The number of carbonyl (C=O) groups excluding carboxylic acids is 1. The van der Waals surface area contributed by atoms with Gasteiger partial charge >= 0.3 is 0 Å². The first kappa shape index (κ1) is 17.2. The van der Waals surface area contributed by atoms with Gasteiger partial charge in [0, 0.05) is 36.3 Å². The Morgan fingerprint density at radius 1 is 1.32 bits per heavy atom. The van der Waals surface area contributed by atoms with E-state index in [9.17, 15) is 9.18 Å². The maximum absolute atomic E-state index is 13.9. The molecular weight excluding hydrogens is 321 g/mol. The zero-order valence-corrected chi connectivity index (χ0v) is 14.8. The summed E-state index contributed by atoms with van der Waals surface area (Å²) in [5.41, 5.74) is 1.47. The topological polar surface area (TPSA) is 54.5 Å². The monoisotopic (exact) mass is 343 g/mol. The summed E-state index contributed by atoms with van der Waals surface area (Å²) in [4.78, 5) is 18.2. The molecule has 1 N–H and O–H groups in total. The second kappa shape index (κ2) is 6.70. The van der Waals surface area contributed by atoms with Crippen LogP contribution in [-0.2, 0) is 4.79 Å². The van der Waals surface area contributed by atoms with E-state index in [1.807, 2.05) is 19.9 Å². The van der Waals surface area contributed by atoms with Gasteiger partial charge in [0.25, 0.3) is 0 Å². The Labute approximate surface area is 146 Å². The number of hydrogen-bond acceptors (Lipinski definition) is 4. The molecule has 1 aliphatic heterocycles. The fourth-order valence-corrected chi connectivity index (χ4v) is 3.49. The predicted molar refractivity (Wildman–Crippen MR) is 95.3 cm³/mol. The molecule has 0 spiro atoms. The van der Waals surface area contributed by atoms with E-state index in [2.05, 4.69) is 10.3 Å². The number of ether oxygens (including phenoxy) is 1. The minimum absolute atomic E-state index is 0.0392. The Morgan fingerprint density at radius 3 is 2.76 bits per heavy atom. The summed E-state index contributed by atoms with van der Waals surface area (Å²) in [5.74, 6) is 0.879. The maximum Gasteiger partial charge on any atom is 0.224 e. The van der Waals surface area contributed by atoms with E-state index in [4.69, 9.17) is 4.74 Å². The number of anilines is 2. The van der Waals surface area contributed by atoms with Crippen LogP contribution in [0.1, 0.15) is 32.4 Å². The lowest BCUT2D eigenvalue weighted by Crippen LogP contribution is -2.48. The van der Waals surface area contributed by atoms with Crippen LogP contribution in [0.3, 0.4) is 0 Å². The van der Waals surface area contributed by atoms with Crippen LogP contribution in [0.2, 0.25) is 0 Å². The first-order valence-electron chi connectivity index (χ1n) is 8.28. The van der Waals surface area contributed by atoms with Crippen LogP contribution < -0.4 is 15.0 Å². The van der Waals surface area contributed by atoms with Crippen LogP contribution in [0.15, 0.2) is 36.5 Å². The number of nitrogens with zero attached hydrogens (tertiary/aromatic N) is 2. The Morgan fingerprint density at radius 2 is 2.08 bits per heavy atom. The average Bonchev–Trinajstić information content (AvgIpc) is 2.59. The van der Waals surface area contributed by atoms with Crippen molar-refractivity contribution in [1.29, 1.82) is 0 Å². The van der Waals surface area contributed by atoms with Gasteiger partial charge < -0.3 is 15.0 Å². The molecule has 0 bridgehead atoms. The molecule has 6 heteroatoms. The largest absolute Gasteiger partial charge is 0.493 e. The molecule has 25 heavy (non-hydrogen) atoms. The number of nitrogens with one attached hydrogen (secondary N) is 1. The van der Waals surface area contributed by atoms with Crippen molar-refractivity contribution >= 4 is 17.4 Å². The summed E-state index contributed by atoms with van der Waals surface area (Å²) in [6.45, 7) is 5.58. The van der Waals surface area contributed by atoms with Crippen LogP contribution in [0, 0.1) is 11.7 Å². The van der Waals surface area contributed by atoms with Gasteiger partial charge in [-0.1, -0.05) is 6.92 Å². The number of fused-ring (bicyclic) bond motifs is 1. The number of halogens is 1. The third-order valence-corrected chi connectivity index (χ3v) is 4.90. The first-order chi connectivity index (χ1) is 11.9. The van der Waals surface area contributed by atoms with E-state index in [0.717, 1.165) is 11.3 Å². The number of aromatic nitrogens is 1. The fourth-order valence-electron chi connectivity index (χ4n) is 3.49. The third kappa shape index (κ3) is 3.04. The van der Waals surface area contributed by atoms with Gasteiger partial charge in [0.2, 0.25) is 5.91 Å². The molecule has 0 fully saturated rings. The van der Waals surface area contributed by atoms with Gasteiger partial charge in [-0.3, -0.25) is 4.79 Å². The number of methoxy groups -OCH3 is 1. The number of amides is 1. The Bertz CT molecular complexity index is 796. The molecule has 132 valence electrons. The molecule has 1 aliphatic rings. The summed E-state index contributed by atoms with van der Waals surface area (Å²) in [7, 11) is 1.58. The summed E-state index contributed by atoms with van der Waals surface area (Å²) in [6, 6.07) is 7.92. The fraction of sp³-hybridized carbons (Fsp3) is 0.368. The van der Waals surface area contributed by atoms with Crippen LogP contribution >= 0.6 is 0 Å². The highest BCUT2D eigenvalue weighted by atomic mass is 19.1.